The summed E-state index contributed by atoms with van der Waals surface area (Å²) in [6.45, 7) is 7.50. The molecule has 7 heteroatoms. The number of anilines is 2. The van der Waals surface area contributed by atoms with Crippen LogP contribution in [0.2, 0.25) is 0 Å². The van der Waals surface area contributed by atoms with Crippen molar-refractivity contribution in [2.24, 2.45) is 11.8 Å². The van der Waals surface area contributed by atoms with E-state index in [-0.39, 0.29) is 5.92 Å². The zero-order valence-corrected chi connectivity index (χ0v) is 13.4. The molecule has 1 atom stereocenters. The van der Waals surface area contributed by atoms with Crippen molar-refractivity contribution >= 4 is 33.3 Å². The molecule has 0 aromatic carbocycles. The number of nitrogen functional groups attached to an aromatic ring is 1. The van der Waals surface area contributed by atoms with Crippen molar-refractivity contribution in [2.75, 3.05) is 23.4 Å². The molecule has 0 aliphatic rings. The van der Waals surface area contributed by atoms with Gasteiger partial charge in [-0.3, -0.25) is 5.43 Å². The molecule has 0 aliphatic heterocycles. The quantitative estimate of drug-likeness (QED) is 0.629. The maximum absolute atomic E-state index is 9.04. The molecule has 0 fully saturated rings. The summed E-state index contributed by atoms with van der Waals surface area (Å²) in [6, 6.07) is 4.40. The lowest BCUT2D eigenvalue weighted by Crippen LogP contribution is -2.29. The Hall–Kier alpha value is -1.91. The molecule has 3 N–H and O–H groups in total. The third kappa shape index (κ3) is 3.23. The number of hydrazine groups is 1. The number of aryl methyl sites for hydroxylation is 1. The number of nitriles is 1. The van der Waals surface area contributed by atoms with Crippen LogP contribution in [0.25, 0.3) is 10.2 Å². The Balaban J connectivity index is 2.53. The molecule has 0 aliphatic carbocycles. The number of hydrogen-bond donors (Lipinski definition) is 2. The van der Waals surface area contributed by atoms with Gasteiger partial charge in [0.05, 0.1) is 17.4 Å². The van der Waals surface area contributed by atoms with Gasteiger partial charge in [0.2, 0.25) is 5.95 Å². The Kier molecular flexibility index (Phi) is 4.94. The topological polar surface area (TPSA) is 90.9 Å². The van der Waals surface area contributed by atoms with Crippen molar-refractivity contribution in [1.82, 2.24) is 9.97 Å². The normalized spacial score (nSPS) is 12.1. The van der Waals surface area contributed by atoms with Crippen LogP contribution in [0.4, 0.5) is 11.8 Å². The number of fused-ring (bicyclic) bond motifs is 1. The predicted molar refractivity (Wildman–Crippen MR) is 87.3 cm³/mol. The second kappa shape index (κ2) is 6.70. The highest BCUT2D eigenvalue weighted by Gasteiger charge is 2.17. The lowest BCUT2D eigenvalue weighted by molar-refractivity contribution is 0.681. The van der Waals surface area contributed by atoms with Gasteiger partial charge in [-0.25, -0.2) is 10.8 Å². The van der Waals surface area contributed by atoms with E-state index in [4.69, 9.17) is 11.1 Å². The van der Waals surface area contributed by atoms with Crippen LogP contribution in [-0.4, -0.2) is 23.1 Å². The van der Waals surface area contributed by atoms with E-state index in [0.29, 0.717) is 12.5 Å². The highest BCUT2D eigenvalue weighted by molar-refractivity contribution is 7.18. The number of hydrogen-bond acceptors (Lipinski definition) is 7. The van der Waals surface area contributed by atoms with Crippen molar-refractivity contribution in [3.05, 3.63) is 10.9 Å². The second-order valence-electron chi connectivity index (χ2n) is 4.87. The van der Waals surface area contributed by atoms with Crippen molar-refractivity contribution in [1.29, 1.82) is 5.26 Å². The van der Waals surface area contributed by atoms with Crippen LogP contribution in [0.5, 0.6) is 0 Å². The third-order valence-corrected chi connectivity index (χ3v) is 4.47. The molecule has 0 bridgehead atoms. The minimum atomic E-state index is -0.0615. The molecule has 2 aromatic heterocycles. The van der Waals surface area contributed by atoms with E-state index in [9.17, 15) is 0 Å². The zero-order chi connectivity index (χ0) is 15.4. The molecular formula is C14H20N6S. The van der Waals surface area contributed by atoms with Crippen LogP contribution in [0, 0.1) is 17.2 Å². The molecule has 2 rings (SSSR count). The third-order valence-electron chi connectivity index (χ3n) is 3.30. The smallest absolute Gasteiger partial charge is 0.240 e. The SMILES string of the molecule is CCc1cc2c(N(CC)CC(C)C#N)nc(NN)nc2s1. The van der Waals surface area contributed by atoms with Crippen molar-refractivity contribution in [2.45, 2.75) is 27.2 Å². The highest BCUT2D eigenvalue weighted by Crippen LogP contribution is 2.32. The molecule has 0 spiro atoms. The summed E-state index contributed by atoms with van der Waals surface area (Å²) < 4.78 is 0. The molecular weight excluding hydrogens is 284 g/mol. The van der Waals surface area contributed by atoms with Crippen LogP contribution < -0.4 is 16.2 Å². The van der Waals surface area contributed by atoms with E-state index in [0.717, 1.165) is 29.0 Å². The Morgan fingerprint density at radius 3 is 2.81 bits per heavy atom. The molecule has 21 heavy (non-hydrogen) atoms. The molecule has 2 heterocycles. The Bertz CT molecular complexity index is 659. The first-order chi connectivity index (χ1) is 10.1. The molecule has 2 aromatic rings. The summed E-state index contributed by atoms with van der Waals surface area (Å²) >= 11 is 1.66. The van der Waals surface area contributed by atoms with Crippen molar-refractivity contribution < 1.29 is 0 Å². The summed E-state index contributed by atoms with van der Waals surface area (Å²) in [5, 5.41) is 10.1. The zero-order valence-electron chi connectivity index (χ0n) is 12.6. The van der Waals surface area contributed by atoms with Gasteiger partial charge in [-0.2, -0.15) is 10.2 Å². The van der Waals surface area contributed by atoms with Gasteiger partial charge in [-0.15, -0.1) is 11.3 Å². The predicted octanol–water partition coefficient (Wildman–Crippen LogP) is 2.53. The summed E-state index contributed by atoms with van der Waals surface area (Å²) in [5.74, 6) is 6.66. The van der Waals surface area contributed by atoms with Gasteiger partial charge in [0, 0.05) is 18.0 Å². The van der Waals surface area contributed by atoms with Crippen LogP contribution >= 0.6 is 11.3 Å². The molecule has 0 saturated heterocycles. The van der Waals surface area contributed by atoms with Gasteiger partial charge < -0.3 is 4.90 Å². The summed E-state index contributed by atoms with van der Waals surface area (Å²) in [6.07, 6.45) is 0.965. The summed E-state index contributed by atoms with van der Waals surface area (Å²) in [7, 11) is 0. The summed E-state index contributed by atoms with van der Waals surface area (Å²) in [4.78, 5) is 13.2. The minimum Gasteiger partial charge on any atom is -0.355 e. The van der Waals surface area contributed by atoms with Crippen molar-refractivity contribution in [3.8, 4) is 6.07 Å². The van der Waals surface area contributed by atoms with E-state index in [2.05, 4.69) is 46.3 Å². The molecule has 112 valence electrons. The van der Waals surface area contributed by atoms with Gasteiger partial charge in [0.15, 0.2) is 0 Å². The van der Waals surface area contributed by atoms with Gasteiger partial charge in [0.25, 0.3) is 0 Å². The second-order valence-corrected chi connectivity index (χ2v) is 5.98. The largest absolute Gasteiger partial charge is 0.355 e. The first-order valence-electron chi connectivity index (χ1n) is 7.04. The average molecular weight is 304 g/mol. The monoisotopic (exact) mass is 304 g/mol. The lowest BCUT2D eigenvalue weighted by atomic mass is 10.2. The van der Waals surface area contributed by atoms with Gasteiger partial charge in [-0.1, -0.05) is 6.92 Å². The van der Waals surface area contributed by atoms with Gasteiger partial charge in [0.1, 0.15) is 10.6 Å². The number of nitrogens with two attached hydrogens (primary N) is 1. The molecule has 0 radical (unpaired) electrons. The van der Waals surface area contributed by atoms with E-state index in [1.807, 2.05) is 6.92 Å². The maximum atomic E-state index is 9.04. The number of thiophene rings is 1. The number of aromatic nitrogens is 2. The van der Waals surface area contributed by atoms with E-state index in [1.54, 1.807) is 11.3 Å². The number of nitrogens with one attached hydrogen (secondary N) is 1. The Labute approximate surface area is 128 Å². The van der Waals surface area contributed by atoms with Crippen molar-refractivity contribution in [3.63, 3.8) is 0 Å². The van der Waals surface area contributed by atoms with Crippen LogP contribution in [-0.2, 0) is 6.42 Å². The molecule has 0 saturated carbocycles. The molecule has 6 nitrogen and oxygen atoms in total. The fourth-order valence-corrected chi connectivity index (χ4v) is 3.13. The number of nitrogens with zero attached hydrogens (tertiary/aromatic N) is 4. The Morgan fingerprint density at radius 1 is 1.48 bits per heavy atom. The van der Waals surface area contributed by atoms with Crippen LogP contribution in [0.15, 0.2) is 6.07 Å². The minimum absolute atomic E-state index is 0.0615. The van der Waals surface area contributed by atoms with E-state index >= 15 is 0 Å². The van der Waals surface area contributed by atoms with Gasteiger partial charge >= 0.3 is 0 Å². The molecule has 0 amide bonds. The van der Waals surface area contributed by atoms with Crippen LogP contribution in [0.1, 0.15) is 25.6 Å². The average Bonchev–Trinajstić information content (AvgIpc) is 2.94. The van der Waals surface area contributed by atoms with Gasteiger partial charge in [-0.05, 0) is 26.3 Å². The fraction of sp³-hybridized carbons (Fsp3) is 0.500. The van der Waals surface area contributed by atoms with E-state index in [1.165, 1.54) is 4.88 Å². The first kappa shape index (κ1) is 15.5. The van der Waals surface area contributed by atoms with E-state index < -0.39 is 0 Å². The number of rotatable bonds is 6. The standard InChI is InChI=1S/C14H20N6S/c1-4-10-6-11-12(20(5-2)8-9(3)7-15)17-14(19-16)18-13(11)21-10/h6,9H,4-5,8,16H2,1-3H3,(H,17,18,19). The summed E-state index contributed by atoms with van der Waals surface area (Å²) in [5.41, 5.74) is 2.53. The van der Waals surface area contributed by atoms with Crippen LogP contribution in [0.3, 0.4) is 0 Å². The highest BCUT2D eigenvalue weighted by atomic mass is 32.1. The maximum Gasteiger partial charge on any atom is 0.240 e. The Morgan fingerprint density at radius 2 is 2.24 bits per heavy atom. The first-order valence-corrected chi connectivity index (χ1v) is 7.86. The fourth-order valence-electron chi connectivity index (χ4n) is 2.17. The lowest BCUT2D eigenvalue weighted by Gasteiger charge is -2.24. The molecule has 1 unspecified atom stereocenters.